The van der Waals surface area contributed by atoms with Crippen molar-refractivity contribution in [3.63, 3.8) is 0 Å². The van der Waals surface area contributed by atoms with E-state index < -0.39 is 38.7 Å². The van der Waals surface area contributed by atoms with Crippen LogP contribution in [0, 0.1) is 20.2 Å². The summed E-state index contributed by atoms with van der Waals surface area (Å²) in [5, 5.41) is 30.8. The summed E-state index contributed by atoms with van der Waals surface area (Å²) in [6.45, 7) is 1.71. The molecule has 0 saturated carbocycles. The second-order valence-corrected chi connectivity index (χ2v) is 3.55. The third-order valence-corrected chi connectivity index (χ3v) is 2.13. The molecule has 0 saturated heterocycles. The first-order chi connectivity index (χ1) is 8.86. The number of hydrogen-bond donors (Lipinski definition) is 1. The average molecular weight is 270 g/mol. The van der Waals surface area contributed by atoms with Gasteiger partial charge in [-0.3, -0.25) is 25.0 Å². The number of benzene rings is 1. The molecule has 0 aromatic heterocycles. The van der Waals surface area contributed by atoms with E-state index in [0.717, 1.165) is 6.07 Å². The third-order valence-electron chi connectivity index (χ3n) is 2.13. The van der Waals surface area contributed by atoms with Gasteiger partial charge in [-0.1, -0.05) is 6.92 Å². The van der Waals surface area contributed by atoms with Crippen molar-refractivity contribution in [3.8, 4) is 11.5 Å². The van der Waals surface area contributed by atoms with Gasteiger partial charge < -0.3 is 9.84 Å². The Balaban J connectivity index is 3.25. The first-order valence-corrected chi connectivity index (χ1v) is 5.23. The number of nitro groups is 2. The molecule has 0 aliphatic carbocycles. The number of ether oxygens (including phenoxy) is 1. The topological polar surface area (TPSA) is 133 Å². The molecule has 0 bridgehead atoms. The van der Waals surface area contributed by atoms with Crippen LogP contribution in [0.25, 0.3) is 0 Å². The highest BCUT2D eigenvalue weighted by molar-refractivity contribution is 5.75. The Hall–Kier alpha value is -2.71. The molecule has 1 aromatic carbocycles. The minimum atomic E-state index is -1.00. The molecule has 19 heavy (non-hydrogen) atoms. The van der Waals surface area contributed by atoms with E-state index in [1.807, 2.05) is 0 Å². The lowest BCUT2D eigenvalue weighted by atomic mass is 10.2. The molecule has 0 aliphatic rings. The number of non-ortho nitro benzene ring substituents is 1. The van der Waals surface area contributed by atoms with Crippen LogP contribution in [0.5, 0.6) is 11.5 Å². The highest BCUT2D eigenvalue weighted by Crippen LogP contribution is 2.39. The van der Waals surface area contributed by atoms with Crippen molar-refractivity contribution in [1.82, 2.24) is 0 Å². The smallest absolute Gasteiger partial charge is 0.321 e. The molecule has 0 heterocycles. The van der Waals surface area contributed by atoms with Crippen molar-refractivity contribution >= 4 is 17.3 Å². The molecule has 9 heteroatoms. The highest BCUT2D eigenvalue weighted by atomic mass is 16.6. The molecule has 0 fully saturated rings. The van der Waals surface area contributed by atoms with Gasteiger partial charge in [0.2, 0.25) is 5.75 Å². The summed E-state index contributed by atoms with van der Waals surface area (Å²) >= 11 is 0. The van der Waals surface area contributed by atoms with Crippen molar-refractivity contribution in [2.45, 2.75) is 19.8 Å². The van der Waals surface area contributed by atoms with E-state index in [2.05, 4.69) is 4.74 Å². The Morgan fingerprint density at radius 3 is 2.42 bits per heavy atom. The zero-order valence-corrected chi connectivity index (χ0v) is 9.86. The van der Waals surface area contributed by atoms with E-state index >= 15 is 0 Å². The monoisotopic (exact) mass is 270 g/mol. The average Bonchev–Trinajstić information content (AvgIpc) is 2.31. The second-order valence-electron chi connectivity index (χ2n) is 3.55. The van der Waals surface area contributed by atoms with Gasteiger partial charge in [0.1, 0.15) is 0 Å². The molecule has 0 atom stereocenters. The fourth-order valence-corrected chi connectivity index (χ4v) is 1.28. The number of carbonyl (C=O) groups excluding carboxylic acids is 1. The van der Waals surface area contributed by atoms with Gasteiger partial charge in [-0.15, -0.1) is 0 Å². The Labute approximate surface area is 106 Å². The van der Waals surface area contributed by atoms with Crippen molar-refractivity contribution in [3.05, 3.63) is 32.4 Å². The number of nitrogens with zero attached hydrogens (tertiary/aromatic N) is 2. The second kappa shape index (κ2) is 5.76. The number of hydrogen-bond acceptors (Lipinski definition) is 7. The number of aromatic hydroxyl groups is 1. The Morgan fingerprint density at radius 2 is 1.95 bits per heavy atom. The summed E-state index contributed by atoms with van der Waals surface area (Å²) < 4.78 is 4.67. The van der Waals surface area contributed by atoms with E-state index in [1.165, 1.54) is 0 Å². The molecule has 1 rings (SSSR count). The van der Waals surface area contributed by atoms with Crippen molar-refractivity contribution in [2.24, 2.45) is 0 Å². The van der Waals surface area contributed by atoms with Crippen LogP contribution < -0.4 is 4.74 Å². The summed E-state index contributed by atoms with van der Waals surface area (Å²) in [4.78, 5) is 30.6. The molecular formula is C10H10N2O7. The number of esters is 1. The number of rotatable bonds is 5. The SMILES string of the molecule is CCCC(=O)Oc1cc([N+](=O)[O-])cc([N+](=O)[O-])c1O. The third kappa shape index (κ3) is 3.37. The van der Waals surface area contributed by atoms with Gasteiger partial charge in [0.25, 0.3) is 5.69 Å². The number of phenols is 1. The molecule has 1 N–H and O–H groups in total. The quantitative estimate of drug-likeness (QED) is 0.374. The first kappa shape index (κ1) is 14.4. The number of carbonyl (C=O) groups is 1. The zero-order chi connectivity index (χ0) is 14.6. The van der Waals surface area contributed by atoms with E-state index in [1.54, 1.807) is 6.92 Å². The van der Waals surface area contributed by atoms with E-state index in [0.29, 0.717) is 12.5 Å². The van der Waals surface area contributed by atoms with Gasteiger partial charge in [-0.25, -0.2) is 0 Å². The molecule has 0 aliphatic heterocycles. The maximum absolute atomic E-state index is 11.3. The summed E-state index contributed by atoms with van der Waals surface area (Å²) in [6, 6.07) is 1.35. The van der Waals surface area contributed by atoms with Crippen LogP contribution >= 0.6 is 0 Å². The van der Waals surface area contributed by atoms with Crippen LogP contribution in [-0.4, -0.2) is 20.9 Å². The van der Waals surface area contributed by atoms with Gasteiger partial charge in [-0.05, 0) is 6.42 Å². The van der Waals surface area contributed by atoms with Crippen molar-refractivity contribution < 1.29 is 24.5 Å². The van der Waals surface area contributed by atoms with Gasteiger partial charge in [0.05, 0.1) is 22.0 Å². The Bertz CT molecular complexity index is 541. The fourth-order valence-electron chi connectivity index (χ4n) is 1.28. The summed E-state index contributed by atoms with van der Waals surface area (Å²) in [5.74, 6) is -2.26. The summed E-state index contributed by atoms with van der Waals surface area (Å²) in [7, 11) is 0. The van der Waals surface area contributed by atoms with Crippen LogP contribution in [0.2, 0.25) is 0 Å². The normalized spacial score (nSPS) is 9.95. The van der Waals surface area contributed by atoms with Gasteiger partial charge in [0.15, 0.2) is 5.75 Å². The van der Waals surface area contributed by atoms with Crippen LogP contribution in [0.15, 0.2) is 12.1 Å². The number of phenolic OH excluding ortho intramolecular Hbond substituents is 1. The minimum Gasteiger partial charge on any atom is -0.499 e. The standard InChI is InChI=1S/C10H10N2O7/c1-2-3-9(13)19-8-5-6(11(15)16)4-7(10(8)14)12(17)18/h4-5,14H,2-3H2,1H3. The lowest BCUT2D eigenvalue weighted by Crippen LogP contribution is -2.08. The highest BCUT2D eigenvalue weighted by Gasteiger charge is 2.26. The molecular weight excluding hydrogens is 260 g/mol. The van der Waals surface area contributed by atoms with Crippen LogP contribution in [-0.2, 0) is 4.79 Å². The zero-order valence-electron chi connectivity index (χ0n) is 9.86. The van der Waals surface area contributed by atoms with Crippen LogP contribution in [0.4, 0.5) is 11.4 Å². The number of nitro benzene ring substituents is 2. The first-order valence-electron chi connectivity index (χ1n) is 5.23. The molecule has 0 radical (unpaired) electrons. The van der Waals surface area contributed by atoms with E-state index in [4.69, 9.17) is 0 Å². The lowest BCUT2D eigenvalue weighted by Gasteiger charge is -2.05. The van der Waals surface area contributed by atoms with Gasteiger partial charge in [0, 0.05) is 6.42 Å². The summed E-state index contributed by atoms with van der Waals surface area (Å²) in [5.41, 5.74) is -1.54. The molecule has 0 unspecified atom stereocenters. The van der Waals surface area contributed by atoms with Gasteiger partial charge >= 0.3 is 11.7 Å². The molecule has 102 valence electrons. The van der Waals surface area contributed by atoms with Crippen LogP contribution in [0.3, 0.4) is 0 Å². The summed E-state index contributed by atoms with van der Waals surface area (Å²) in [6.07, 6.45) is 0.493. The van der Waals surface area contributed by atoms with Crippen LogP contribution in [0.1, 0.15) is 19.8 Å². The Morgan fingerprint density at radius 1 is 1.32 bits per heavy atom. The predicted octanol–water partition coefficient (Wildman–Crippen LogP) is 1.91. The maximum Gasteiger partial charge on any atom is 0.321 e. The fraction of sp³-hybridized carbons (Fsp3) is 0.300. The van der Waals surface area contributed by atoms with E-state index in [-0.39, 0.29) is 6.42 Å². The molecule has 0 amide bonds. The maximum atomic E-state index is 11.3. The predicted molar refractivity (Wildman–Crippen MR) is 62.0 cm³/mol. The molecule has 0 spiro atoms. The Kier molecular flexibility index (Phi) is 4.35. The largest absolute Gasteiger partial charge is 0.499 e. The van der Waals surface area contributed by atoms with E-state index in [9.17, 15) is 30.1 Å². The van der Waals surface area contributed by atoms with Gasteiger partial charge in [-0.2, -0.15) is 0 Å². The van der Waals surface area contributed by atoms with Crippen molar-refractivity contribution in [2.75, 3.05) is 0 Å². The minimum absolute atomic E-state index is 0.0237. The van der Waals surface area contributed by atoms with Crippen molar-refractivity contribution in [1.29, 1.82) is 0 Å². The molecule has 9 nitrogen and oxygen atoms in total. The molecule has 1 aromatic rings. The lowest BCUT2D eigenvalue weighted by molar-refractivity contribution is -0.394.